The number of anilines is 1. The predicted octanol–water partition coefficient (Wildman–Crippen LogP) is 3.45. The summed E-state index contributed by atoms with van der Waals surface area (Å²) in [6, 6.07) is 3.85. The van der Waals surface area contributed by atoms with Crippen LogP contribution in [0.1, 0.15) is 13.8 Å². The molecule has 1 saturated heterocycles. The first-order valence-electron chi connectivity index (χ1n) is 8.13. The summed E-state index contributed by atoms with van der Waals surface area (Å²) in [5, 5.41) is 4.42. The van der Waals surface area contributed by atoms with Gasteiger partial charge < -0.3 is 10.2 Å². The Labute approximate surface area is 151 Å². The van der Waals surface area contributed by atoms with Gasteiger partial charge in [0, 0.05) is 32.4 Å². The molecule has 3 aliphatic heterocycles. The minimum atomic E-state index is 0.147. The molecule has 0 spiro atoms. The van der Waals surface area contributed by atoms with Crippen LogP contribution in [0.3, 0.4) is 0 Å². The van der Waals surface area contributed by atoms with Crippen LogP contribution in [-0.2, 0) is 0 Å². The summed E-state index contributed by atoms with van der Waals surface area (Å²) in [7, 11) is 0. The molecule has 1 unspecified atom stereocenters. The largest absolute Gasteiger partial charge is 0.351 e. The monoisotopic (exact) mass is 363 g/mol. The first-order valence-corrected chi connectivity index (χ1v) is 8.89. The zero-order valence-corrected chi connectivity index (χ0v) is 15.2. The van der Waals surface area contributed by atoms with Gasteiger partial charge in [0.05, 0.1) is 27.5 Å². The van der Waals surface area contributed by atoms with Gasteiger partial charge in [0.1, 0.15) is 0 Å². The third-order valence-corrected chi connectivity index (χ3v) is 5.38. The van der Waals surface area contributed by atoms with Gasteiger partial charge in [0.15, 0.2) is 11.7 Å². The van der Waals surface area contributed by atoms with E-state index in [4.69, 9.17) is 33.2 Å². The maximum absolute atomic E-state index is 6.24. The third-order valence-electron chi connectivity index (χ3n) is 4.66. The van der Waals surface area contributed by atoms with Gasteiger partial charge in [0.25, 0.3) is 0 Å². The summed E-state index contributed by atoms with van der Waals surface area (Å²) in [6.07, 6.45) is 2.13. The molecule has 5 nitrogen and oxygen atoms in total. The van der Waals surface area contributed by atoms with E-state index < -0.39 is 0 Å². The van der Waals surface area contributed by atoms with E-state index in [0.29, 0.717) is 10.0 Å². The molecular weight excluding hydrogens is 345 g/mol. The Morgan fingerprint density at radius 1 is 1.12 bits per heavy atom. The highest BCUT2D eigenvalue weighted by molar-refractivity contribution is 6.48. The van der Waals surface area contributed by atoms with Gasteiger partial charge in [-0.3, -0.25) is 9.89 Å². The fraction of sp³-hybridized carbons (Fsp3) is 0.412. The molecule has 0 aliphatic carbocycles. The van der Waals surface area contributed by atoms with Crippen LogP contribution in [0.5, 0.6) is 0 Å². The molecule has 0 amide bonds. The molecule has 3 aliphatic rings. The van der Waals surface area contributed by atoms with Crippen molar-refractivity contribution in [1.82, 2.24) is 10.2 Å². The lowest BCUT2D eigenvalue weighted by molar-refractivity contribution is 0.360. The Kier molecular flexibility index (Phi) is 4.03. The van der Waals surface area contributed by atoms with E-state index in [1.807, 2.05) is 12.1 Å². The lowest BCUT2D eigenvalue weighted by Crippen LogP contribution is -2.53. The van der Waals surface area contributed by atoms with Gasteiger partial charge in [-0.1, -0.05) is 23.2 Å². The van der Waals surface area contributed by atoms with Crippen LogP contribution < -0.4 is 10.2 Å². The van der Waals surface area contributed by atoms with E-state index >= 15 is 0 Å². The highest BCUT2D eigenvalue weighted by atomic mass is 35.5. The number of hydrogen-bond acceptors (Lipinski definition) is 5. The molecule has 0 bridgehead atoms. The molecule has 1 atom stereocenters. The zero-order chi connectivity index (χ0) is 16.8. The molecule has 0 aromatic heterocycles. The number of hydrogen-bond donors (Lipinski definition) is 1. The third kappa shape index (κ3) is 2.61. The molecule has 24 heavy (non-hydrogen) atoms. The Hall–Kier alpha value is -1.56. The van der Waals surface area contributed by atoms with Crippen molar-refractivity contribution < 1.29 is 0 Å². The van der Waals surface area contributed by atoms with Crippen molar-refractivity contribution in [2.24, 2.45) is 9.98 Å². The van der Waals surface area contributed by atoms with Crippen LogP contribution in [0.25, 0.3) is 0 Å². The van der Waals surface area contributed by atoms with Crippen LogP contribution in [0.2, 0.25) is 10.0 Å². The minimum Gasteiger partial charge on any atom is -0.351 e. The van der Waals surface area contributed by atoms with E-state index in [0.717, 1.165) is 49.2 Å². The summed E-state index contributed by atoms with van der Waals surface area (Å²) < 4.78 is 0. The number of fused-ring (bicyclic) bond motifs is 3. The summed E-state index contributed by atoms with van der Waals surface area (Å²) in [5.74, 6) is 1.80. The summed E-state index contributed by atoms with van der Waals surface area (Å²) >= 11 is 12.5. The van der Waals surface area contributed by atoms with Gasteiger partial charge >= 0.3 is 0 Å². The van der Waals surface area contributed by atoms with Crippen molar-refractivity contribution in [3.63, 3.8) is 0 Å². The number of nitrogens with one attached hydrogen (secondary N) is 1. The Morgan fingerprint density at radius 3 is 2.58 bits per heavy atom. The number of rotatable bonds is 0. The molecule has 1 aromatic rings. The minimum absolute atomic E-state index is 0.147. The normalized spacial score (nSPS) is 23.2. The molecule has 1 N–H and O–H groups in total. The molecule has 126 valence electrons. The number of nitrogens with zero attached hydrogens (tertiary/aromatic N) is 4. The molecule has 4 rings (SSSR count). The second-order valence-electron chi connectivity index (χ2n) is 6.30. The Balaban J connectivity index is 1.87. The van der Waals surface area contributed by atoms with E-state index in [2.05, 4.69) is 35.2 Å². The van der Waals surface area contributed by atoms with Gasteiger partial charge in [-0.25, -0.2) is 4.99 Å². The first-order chi connectivity index (χ1) is 11.5. The van der Waals surface area contributed by atoms with Crippen molar-refractivity contribution in [2.75, 3.05) is 31.1 Å². The lowest BCUT2D eigenvalue weighted by Gasteiger charge is -2.39. The predicted molar refractivity (Wildman–Crippen MR) is 101 cm³/mol. The number of benzene rings is 1. The second kappa shape index (κ2) is 6.06. The van der Waals surface area contributed by atoms with Crippen molar-refractivity contribution in [2.45, 2.75) is 19.9 Å². The number of halogens is 2. The molecular formula is C17H19Cl2N5. The molecule has 0 radical (unpaired) electrons. The van der Waals surface area contributed by atoms with Crippen LogP contribution in [0.15, 0.2) is 33.9 Å². The highest BCUT2D eigenvalue weighted by Gasteiger charge is 2.33. The Morgan fingerprint density at radius 2 is 1.83 bits per heavy atom. The van der Waals surface area contributed by atoms with E-state index in [-0.39, 0.29) is 6.04 Å². The van der Waals surface area contributed by atoms with Crippen molar-refractivity contribution in [3.8, 4) is 0 Å². The van der Waals surface area contributed by atoms with Crippen LogP contribution in [0.4, 0.5) is 11.4 Å². The average Bonchev–Trinajstić information content (AvgIpc) is 2.58. The number of aliphatic imine (C=N–C) groups is 2. The smallest absolute Gasteiger partial charge is 0.176 e. The zero-order valence-electron chi connectivity index (χ0n) is 13.7. The lowest BCUT2D eigenvalue weighted by atomic mass is 10.1. The first kappa shape index (κ1) is 15.9. The van der Waals surface area contributed by atoms with Gasteiger partial charge in [0.2, 0.25) is 0 Å². The quantitative estimate of drug-likeness (QED) is 0.767. The highest BCUT2D eigenvalue weighted by Crippen LogP contribution is 2.41. The van der Waals surface area contributed by atoms with Crippen LogP contribution in [-0.4, -0.2) is 48.8 Å². The molecule has 1 aromatic carbocycles. The Bertz CT molecular complexity index is 777. The molecule has 0 saturated carbocycles. The van der Waals surface area contributed by atoms with Crippen molar-refractivity contribution in [1.29, 1.82) is 0 Å². The van der Waals surface area contributed by atoms with Crippen LogP contribution in [0, 0.1) is 0 Å². The standard InChI is InChI=1S/C17H19Cl2N5/c1-10-9-24-15-8-13(19)12(18)7-14(15)22-16(17(24)21-11(10)2)23-5-3-20-4-6-23/h7-9,11,20H,3-6H2,1-2H3. The maximum atomic E-state index is 6.24. The second-order valence-corrected chi connectivity index (χ2v) is 7.11. The fourth-order valence-electron chi connectivity index (χ4n) is 3.13. The van der Waals surface area contributed by atoms with Crippen molar-refractivity contribution >= 4 is 46.2 Å². The van der Waals surface area contributed by atoms with E-state index in [9.17, 15) is 0 Å². The summed E-state index contributed by atoms with van der Waals surface area (Å²) in [6.45, 7) is 7.93. The number of piperazine rings is 1. The fourth-order valence-corrected chi connectivity index (χ4v) is 3.45. The van der Waals surface area contributed by atoms with Crippen molar-refractivity contribution in [3.05, 3.63) is 34.0 Å². The molecule has 7 heteroatoms. The molecule has 3 heterocycles. The van der Waals surface area contributed by atoms with Gasteiger partial charge in [-0.05, 0) is 31.6 Å². The average molecular weight is 364 g/mol. The molecule has 1 fully saturated rings. The summed E-state index contributed by atoms with van der Waals surface area (Å²) in [4.78, 5) is 14.2. The van der Waals surface area contributed by atoms with Crippen LogP contribution >= 0.6 is 23.2 Å². The van der Waals surface area contributed by atoms with Gasteiger partial charge in [-0.2, -0.15) is 0 Å². The summed E-state index contributed by atoms with van der Waals surface area (Å²) in [5.41, 5.74) is 2.96. The number of amidine groups is 2. The van der Waals surface area contributed by atoms with E-state index in [1.165, 1.54) is 5.57 Å². The van der Waals surface area contributed by atoms with E-state index in [1.54, 1.807) is 0 Å². The SMILES string of the molecule is CC1=CN2C(=NC1C)C(N1CCNCC1)=Nc1cc(Cl)c(Cl)cc12. The topological polar surface area (TPSA) is 43.2 Å². The van der Waals surface area contributed by atoms with Gasteiger partial charge in [-0.15, -0.1) is 0 Å². The maximum Gasteiger partial charge on any atom is 0.176 e.